The van der Waals surface area contributed by atoms with Gasteiger partial charge in [-0.15, -0.1) is 0 Å². The Labute approximate surface area is 137 Å². The highest BCUT2D eigenvalue weighted by Crippen LogP contribution is 2.20. The van der Waals surface area contributed by atoms with Gasteiger partial charge in [-0.1, -0.05) is 0 Å². The lowest BCUT2D eigenvalue weighted by Gasteiger charge is -2.35. The fourth-order valence-corrected chi connectivity index (χ4v) is 3.47. The summed E-state index contributed by atoms with van der Waals surface area (Å²) in [4.78, 5) is 30.5. The first-order chi connectivity index (χ1) is 11.2. The summed E-state index contributed by atoms with van der Waals surface area (Å²) in [7, 11) is 0. The van der Waals surface area contributed by atoms with E-state index in [1.807, 2.05) is 24.0 Å². The molecule has 0 aliphatic carbocycles. The second-order valence-electron chi connectivity index (χ2n) is 6.42. The van der Waals surface area contributed by atoms with E-state index in [2.05, 4.69) is 21.9 Å². The highest BCUT2D eigenvalue weighted by Gasteiger charge is 2.36. The van der Waals surface area contributed by atoms with E-state index in [0.717, 1.165) is 39.3 Å². The van der Waals surface area contributed by atoms with Crippen molar-refractivity contribution in [2.24, 2.45) is 5.92 Å². The number of nitrogens with zero attached hydrogens (tertiary/aromatic N) is 4. The Morgan fingerprint density at radius 2 is 1.83 bits per heavy atom. The van der Waals surface area contributed by atoms with Crippen LogP contribution in [0.5, 0.6) is 0 Å². The highest BCUT2D eigenvalue weighted by atomic mass is 16.2. The van der Waals surface area contributed by atoms with Crippen molar-refractivity contribution >= 4 is 11.8 Å². The minimum Gasteiger partial charge on any atom is -0.353 e. The predicted octanol–water partition coefficient (Wildman–Crippen LogP) is 0.501. The summed E-state index contributed by atoms with van der Waals surface area (Å²) in [5.41, 5.74) is 0. The number of carbonyl (C=O) groups excluding carboxylic acids is 2. The number of hydrogen-bond donors (Lipinski definition) is 0. The zero-order chi connectivity index (χ0) is 16.2. The molecule has 0 bridgehead atoms. The molecule has 2 amide bonds. The van der Waals surface area contributed by atoms with Gasteiger partial charge >= 0.3 is 0 Å². The second-order valence-corrected chi connectivity index (χ2v) is 6.42. The van der Waals surface area contributed by atoms with Crippen molar-refractivity contribution < 1.29 is 9.59 Å². The SMILES string of the molecule is CCN1C[C@@H](C(=O)N2CCN(CCn3cccc3)CC2)CC1=O. The molecule has 0 spiro atoms. The average molecular weight is 318 g/mol. The lowest BCUT2D eigenvalue weighted by atomic mass is 10.1. The van der Waals surface area contributed by atoms with Crippen LogP contribution in [0, 0.1) is 5.92 Å². The van der Waals surface area contributed by atoms with Crippen molar-refractivity contribution in [3.63, 3.8) is 0 Å². The molecule has 2 fully saturated rings. The Morgan fingerprint density at radius 1 is 1.13 bits per heavy atom. The molecule has 1 aromatic rings. The van der Waals surface area contributed by atoms with Crippen LogP contribution in [0.1, 0.15) is 13.3 Å². The third-order valence-corrected chi connectivity index (χ3v) is 4.97. The van der Waals surface area contributed by atoms with E-state index in [1.165, 1.54) is 0 Å². The Bertz CT molecular complexity index is 535. The predicted molar refractivity (Wildman–Crippen MR) is 87.8 cm³/mol. The maximum absolute atomic E-state index is 12.6. The number of likely N-dealkylation sites (tertiary alicyclic amines) is 1. The van der Waals surface area contributed by atoms with Crippen LogP contribution in [0.25, 0.3) is 0 Å². The molecular weight excluding hydrogens is 292 g/mol. The van der Waals surface area contributed by atoms with Crippen LogP contribution in [0.2, 0.25) is 0 Å². The minimum atomic E-state index is -0.131. The number of amides is 2. The topological polar surface area (TPSA) is 48.8 Å². The maximum Gasteiger partial charge on any atom is 0.228 e. The van der Waals surface area contributed by atoms with Gasteiger partial charge in [-0.3, -0.25) is 14.5 Å². The van der Waals surface area contributed by atoms with Gasteiger partial charge in [0.1, 0.15) is 0 Å². The van der Waals surface area contributed by atoms with Crippen LogP contribution >= 0.6 is 0 Å². The van der Waals surface area contributed by atoms with Crippen LogP contribution in [0.4, 0.5) is 0 Å². The number of piperazine rings is 1. The first-order valence-corrected chi connectivity index (χ1v) is 8.57. The molecule has 3 heterocycles. The van der Waals surface area contributed by atoms with E-state index in [4.69, 9.17) is 0 Å². The Balaban J connectivity index is 1.43. The number of aromatic nitrogens is 1. The van der Waals surface area contributed by atoms with Crippen molar-refractivity contribution in [1.29, 1.82) is 0 Å². The van der Waals surface area contributed by atoms with Crippen molar-refractivity contribution in [1.82, 2.24) is 19.3 Å². The zero-order valence-electron chi connectivity index (χ0n) is 13.9. The van der Waals surface area contributed by atoms with Gasteiger partial charge in [-0.2, -0.15) is 0 Å². The quantitative estimate of drug-likeness (QED) is 0.794. The van der Waals surface area contributed by atoms with Crippen LogP contribution in [-0.2, 0) is 16.1 Å². The molecule has 2 saturated heterocycles. The summed E-state index contributed by atoms with van der Waals surface area (Å²) in [5.74, 6) is 0.157. The molecule has 6 nitrogen and oxygen atoms in total. The number of rotatable bonds is 5. The smallest absolute Gasteiger partial charge is 0.228 e. The van der Waals surface area contributed by atoms with Gasteiger partial charge in [0, 0.05) is 71.2 Å². The molecule has 0 aromatic carbocycles. The van der Waals surface area contributed by atoms with E-state index in [1.54, 1.807) is 4.90 Å². The highest BCUT2D eigenvalue weighted by molar-refractivity contribution is 5.89. The van der Waals surface area contributed by atoms with Crippen LogP contribution in [-0.4, -0.2) is 76.9 Å². The Kier molecular flexibility index (Phi) is 5.00. The lowest BCUT2D eigenvalue weighted by Crippen LogP contribution is -2.51. The van der Waals surface area contributed by atoms with Gasteiger partial charge in [0.15, 0.2) is 0 Å². The molecule has 3 rings (SSSR count). The van der Waals surface area contributed by atoms with E-state index >= 15 is 0 Å². The molecule has 1 atom stereocenters. The minimum absolute atomic E-state index is 0.121. The summed E-state index contributed by atoms with van der Waals surface area (Å²) in [6.45, 7) is 8.68. The molecule has 0 saturated carbocycles. The third-order valence-electron chi connectivity index (χ3n) is 4.97. The molecule has 0 N–H and O–H groups in total. The molecule has 2 aliphatic heterocycles. The van der Waals surface area contributed by atoms with Gasteiger partial charge in [-0.25, -0.2) is 0 Å². The largest absolute Gasteiger partial charge is 0.353 e. The number of carbonyl (C=O) groups is 2. The van der Waals surface area contributed by atoms with Gasteiger partial charge < -0.3 is 14.4 Å². The molecule has 2 aliphatic rings. The molecular formula is C17H26N4O2. The first-order valence-electron chi connectivity index (χ1n) is 8.57. The summed E-state index contributed by atoms with van der Waals surface area (Å²) in [5, 5.41) is 0. The maximum atomic E-state index is 12.6. The van der Waals surface area contributed by atoms with Gasteiger partial charge in [0.2, 0.25) is 11.8 Å². The molecule has 1 aromatic heterocycles. The zero-order valence-corrected chi connectivity index (χ0v) is 13.9. The van der Waals surface area contributed by atoms with Gasteiger partial charge in [-0.05, 0) is 19.1 Å². The molecule has 126 valence electrons. The van der Waals surface area contributed by atoms with E-state index in [9.17, 15) is 9.59 Å². The summed E-state index contributed by atoms with van der Waals surface area (Å²) < 4.78 is 2.18. The molecule has 0 unspecified atom stereocenters. The van der Waals surface area contributed by atoms with Gasteiger partial charge in [0.25, 0.3) is 0 Å². The summed E-state index contributed by atoms with van der Waals surface area (Å²) in [6, 6.07) is 4.08. The van der Waals surface area contributed by atoms with Crippen LogP contribution in [0.3, 0.4) is 0 Å². The summed E-state index contributed by atoms with van der Waals surface area (Å²) >= 11 is 0. The molecule has 6 heteroatoms. The van der Waals surface area contributed by atoms with Crippen LogP contribution < -0.4 is 0 Å². The third kappa shape index (κ3) is 3.75. The van der Waals surface area contributed by atoms with Gasteiger partial charge in [0.05, 0.1) is 5.92 Å². The fraction of sp³-hybridized carbons (Fsp3) is 0.647. The average Bonchev–Trinajstić information content (AvgIpc) is 3.22. The monoisotopic (exact) mass is 318 g/mol. The summed E-state index contributed by atoms with van der Waals surface area (Å²) in [6.07, 6.45) is 4.55. The van der Waals surface area contributed by atoms with E-state index in [0.29, 0.717) is 19.5 Å². The fourth-order valence-electron chi connectivity index (χ4n) is 3.47. The Morgan fingerprint density at radius 3 is 2.43 bits per heavy atom. The van der Waals surface area contributed by atoms with Crippen LogP contribution in [0.15, 0.2) is 24.5 Å². The van der Waals surface area contributed by atoms with E-state index < -0.39 is 0 Å². The first kappa shape index (κ1) is 16.1. The van der Waals surface area contributed by atoms with Crippen molar-refractivity contribution in [2.75, 3.05) is 45.8 Å². The van der Waals surface area contributed by atoms with Crippen molar-refractivity contribution in [3.8, 4) is 0 Å². The lowest BCUT2D eigenvalue weighted by molar-refractivity contribution is -0.137. The Hall–Kier alpha value is -1.82. The van der Waals surface area contributed by atoms with E-state index in [-0.39, 0.29) is 17.7 Å². The normalized spacial score (nSPS) is 22.8. The number of hydrogen-bond acceptors (Lipinski definition) is 3. The van der Waals surface area contributed by atoms with Crippen molar-refractivity contribution in [3.05, 3.63) is 24.5 Å². The standard InChI is InChI=1S/C17H26N4O2/c1-2-20-14-15(13-16(20)22)17(23)21-11-9-19(10-12-21)8-7-18-5-3-4-6-18/h3-6,15H,2,7-14H2,1H3/t15-/m0/s1. The molecule has 0 radical (unpaired) electrons. The molecule has 23 heavy (non-hydrogen) atoms. The van der Waals surface area contributed by atoms with Crippen molar-refractivity contribution in [2.45, 2.75) is 19.9 Å². The second kappa shape index (κ2) is 7.17.